The number of sulfonamides is 1. The Kier molecular flexibility index (Phi) is 6.35. The lowest BCUT2D eigenvalue weighted by atomic mass is 10.1. The van der Waals surface area contributed by atoms with Gasteiger partial charge in [0, 0.05) is 19.5 Å². The van der Waals surface area contributed by atoms with Crippen molar-refractivity contribution in [2.75, 3.05) is 28.3 Å². The number of ether oxygens (including phenoxy) is 2. The summed E-state index contributed by atoms with van der Waals surface area (Å²) in [6.07, 6.45) is 0. The zero-order valence-corrected chi connectivity index (χ0v) is 20.5. The van der Waals surface area contributed by atoms with Crippen LogP contribution in [0.25, 0.3) is 27.7 Å². The highest BCUT2D eigenvalue weighted by molar-refractivity contribution is 7.89. The van der Waals surface area contributed by atoms with Crippen molar-refractivity contribution in [1.29, 1.82) is 0 Å². The van der Waals surface area contributed by atoms with Crippen LogP contribution in [0.15, 0.2) is 65.6 Å². The first-order valence-corrected chi connectivity index (χ1v) is 12.0. The fourth-order valence-electron chi connectivity index (χ4n) is 3.83. The summed E-state index contributed by atoms with van der Waals surface area (Å²) in [4.78, 5) is 12.1. The highest BCUT2D eigenvalue weighted by atomic mass is 35.5. The third kappa shape index (κ3) is 3.81. The number of hydrogen-bond acceptors (Lipinski definition) is 6. The van der Waals surface area contributed by atoms with E-state index in [1.807, 2.05) is 36.4 Å². The number of nitrogens with zero attached hydrogens (tertiary/aromatic N) is 3. The molecule has 0 N–H and O–H groups in total. The highest BCUT2D eigenvalue weighted by Crippen LogP contribution is 2.44. The Morgan fingerprint density at radius 3 is 2.12 bits per heavy atom. The first-order chi connectivity index (χ1) is 16.2. The number of carbonyl (C=O) groups excluding carboxylic acids is 1. The van der Waals surface area contributed by atoms with Crippen molar-refractivity contribution in [2.45, 2.75) is 4.90 Å². The molecular weight excluding hydrogens is 478 g/mol. The van der Waals surface area contributed by atoms with E-state index in [1.54, 1.807) is 24.3 Å². The molecular formula is C24H22ClN3O5S. The van der Waals surface area contributed by atoms with Gasteiger partial charge in [0.2, 0.25) is 10.0 Å². The van der Waals surface area contributed by atoms with Crippen molar-refractivity contribution in [3.05, 3.63) is 66.4 Å². The Balaban J connectivity index is 2.27. The molecule has 176 valence electrons. The first-order valence-electron chi connectivity index (χ1n) is 10.2. The summed E-state index contributed by atoms with van der Waals surface area (Å²) in [5.41, 5.74) is 0.576. The van der Waals surface area contributed by atoms with E-state index in [0.717, 1.165) is 15.1 Å². The largest absolute Gasteiger partial charge is 0.496 e. The van der Waals surface area contributed by atoms with Gasteiger partial charge >= 0.3 is 0 Å². The van der Waals surface area contributed by atoms with E-state index >= 15 is 0 Å². The van der Waals surface area contributed by atoms with E-state index in [9.17, 15) is 13.2 Å². The second-order valence-electron chi connectivity index (χ2n) is 7.54. The van der Waals surface area contributed by atoms with Crippen LogP contribution >= 0.6 is 11.6 Å². The van der Waals surface area contributed by atoms with Crippen molar-refractivity contribution in [3.63, 3.8) is 0 Å². The molecule has 0 aliphatic carbocycles. The van der Waals surface area contributed by atoms with Gasteiger partial charge in [0.1, 0.15) is 22.1 Å². The molecule has 0 spiro atoms. The number of carbonyl (C=O) groups is 1. The van der Waals surface area contributed by atoms with Gasteiger partial charge < -0.3 is 9.47 Å². The lowest BCUT2D eigenvalue weighted by Gasteiger charge is -2.18. The molecule has 0 aliphatic rings. The molecule has 0 saturated heterocycles. The van der Waals surface area contributed by atoms with Crippen LogP contribution < -0.4 is 9.47 Å². The standard InChI is InChI=1S/C24H22ClN3O5S/c1-27(2)34(30,31)23-21(24(25)29)26-28(17-12-7-10-15-9-5-6-11-16(15)17)22(23)20-18(32-3)13-8-14-19(20)33-4/h5-14H,1-4H3. The van der Waals surface area contributed by atoms with Gasteiger partial charge in [-0.3, -0.25) is 4.79 Å². The van der Waals surface area contributed by atoms with Crippen molar-refractivity contribution < 1.29 is 22.7 Å². The maximum Gasteiger partial charge on any atom is 0.274 e. The summed E-state index contributed by atoms with van der Waals surface area (Å²) in [7, 11) is 1.48. The highest BCUT2D eigenvalue weighted by Gasteiger charge is 2.37. The summed E-state index contributed by atoms with van der Waals surface area (Å²) in [6.45, 7) is 0. The Hall–Kier alpha value is -3.40. The smallest absolute Gasteiger partial charge is 0.274 e. The molecule has 1 heterocycles. The molecule has 0 aliphatic heterocycles. The SMILES string of the molecule is COc1cccc(OC)c1-c1c(S(=O)(=O)N(C)C)c(C(=O)Cl)nn1-c1cccc2ccccc12. The number of aromatic nitrogens is 2. The van der Waals surface area contributed by atoms with Crippen molar-refractivity contribution in [1.82, 2.24) is 14.1 Å². The van der Waals surface area contributed by atoms with Crippen LogP contribution in [0.2, 0.25) is 0 Å². The molecule has 0 radical (unpaired) electrons. The molecule has 0 atom stereocenters. The minimum atomic E-state index is -4.19. The van der Waals surface area contributed by atoms with Crippen LogP contribution in [0, 0.1) is 0 Å². The van der Waals surface area contributed by atoms with Gasteiger partial charge in [0.15, 0.2) is 5.69 Å². The fraction of sp³-hybridized carbons (Fsp3) is 0.167. The monoisotopic (exact) mass is 499 g/mol. The number of methoxy groups -OCH3 is 2. The lowest BCUT2D eigenvalue weighted by molar-refractivity contribution is 0.107. The molecule has 0 amide bonds. The van der Waals surface area contributed by atoms with Crippen LogP contribution in [0.1, 0.15) is 10.5 Å². The van der Waals surface area contributed by atoms with E-state index < -0.39 is 21.0 Å². The predicted octanol–water partition coefficient (Wildman–Crippen LogP) is 4.34. The predicted molar refractivity (Wildman–Crippen MR) is 131 cm³/mol. The van der Waals surface area contributed by atoms with Crippen LogP contribution in [-0.2, 0) is 10.0 Å². The summed E-state index contributed by atoms with van der Waals surface area (Å²) in [5, 5.41) is 5.12. The average Bonchev–Trinajstić information content (AvgIpc) is 3.24. The van der Waals surface area contributed by atoms with Crippen LogP contribution in [-0.4, -0.2) is 56.1 Å². The van der Waals surface area contributed by atoms with Gasteiger partial charge in [0.25, 0.3) is 5.24 Å². The molecule has 4 rings (SSSR count). The van der Waals surface area contributed by atoms with Crippen molar-refractivity contribution in [3.8, 4) is 28.4 Å². The van der Waals surface area contributed by atoms with E-state index in [0.29, 0.717) is 22.7 Å². The minimum Gasteiger partial charge on any atom is -0.496 e. The molecule has 1 aromatic heterocycles. The summed E-state index contributed by atoms with van der Waals surface area (Å²) in [6, 6.07) is 18.2. The summed E-state index contributed by atoms with van der Waals surface area (Å²) < 4.78 is 40.6. The minimum absolute atomic E-state index is 0.100. The molecule has 0 unspecified atom stereocenters. The van der Waals surface area contributed by atoms with Gasteiger partial charge in [-0.15, -0.1) is 0 Å². The van der Waals surface area contributed by atoms with E-state index in [4.69, 9.17) is 21.1 Å². The third-order valence-corrected chi connectivity index (χ3v) is 7.47. The van der Waals surface area contributed by atoms with Crippen LogP contribution in [0.4, 0.5) is 0 Å². The maximum atomic E-state index is 13.5. The average molecular weight is 500 g/mol. The first kappa shape index (κ1) is 23.7. The molecule has 3 aromatic carbocycles. The third-order valence-electron chi connectivity index (χ3n) is 5.43. The van der Waals surface area contributed by atoms with Gasteiger partial charge in [-0.1, -0.05) is 42.5 Å². The van der Waals surface area contributed by atoms with Crippen molar-refractivity contribution >= 4 is 37.6 Å². The zero-order chi connectivity index (χ0) is 24.6. The number of benzene rings is 3. The van der Waals surface area contributed by atoms with Gasteiger partial charge in [-0.05, 0) is 35.2 Å². The molecule has 10 heteroatoms. The molecule has 34 heavy (non-hydrogen) atoms. The van der Waals surface area contributed by atoms with E-state index in [1.165, 1.54) is 33.0 Å². The fourth-order valence-corrected chi connectivity index (χ4v) is 5.19. The second-order valence-corrected chi connectivity index (χ2v) is 9.97. The van der Waals surface area contributed by atoms with E-state index in [2.05, 4.69) is 5.10 Å². The van der Waals surface area contributed by atoms with Gasteiger partial charge in [-0.2, -0.15) is 5.10 Å². The van der Waals surface area contributed by atoms with Gasteiger partial charge in [-0.25, -0.2) is 17.4 Å². The molecule has 0 fully saturated rings. The quantitative estimate of drug-likeness (QED) is 0.351. The van der Waals surface area contributed by atoms with Crippen LogP contribution in [0.5, 0.6) is 11.5 Å². The Labute approximate surface area is 202 Å². The molecule has 8 nitrogen and oxygen atoms in total. The summed E-state index contributed by atoms with van der Waals surface area (Å²) in [5.74, 6) is 0.675. The number of hydrogen-bond donors (Lipinski definition) is 0. The number of rotatable bonds is 7. The summed E-state index contributed by atoms with van der Waals surface area (Å²) >= 11 is 5.88. The second kappa shape index (κ2) is 9.09. The van der Waals surface area contributed by atoms with E-state index in [-0.39, 0.29) is 10.6 Å². The molecule has 4 aromatic rings. The topological polar surface area (TPSA) is 90.7 Å². The Morgan fingerprint density at radius 2 is 1.53 bits per heavy atom. The number of halogens is 1. The Morgan fingerprint density at radius 1 is 0.941 bits per heavy atom. The van der Waals surface area contributed by atoms with Gasteiger partial charge in [0.05, 0.1) is 25.5 Å². The van der Waals surface area contributed by atoms with Crippen LogP contribution in [0.3, 0.4) is 0 Å². The maximum absolute atomic E-state index is 13.5. The zero-order valence-electron chi connectivity index (χ0n) is 18.9. The Bertz CT molecular complexity index is 1490. The normalized spacial score (nSPS) is 11.7. The number of fused-ring (bicyclic) bond motifs is 1. The molecule has 0 saturated carbocycles. The lowest BCUT2D eigenvalue weighted by Crippen LogP contribution is -2.24. The molecule has 0 bridgehead atoms. The van der Waals surface area contributed by atoms with Crippen molar-refractivity contribution in [2.24, 2.45) is 0 Å².